The summed E-state index contributed by atoms with van der Waals surface area (Å²) in [5.74, 6) is 1.14. The second kappa shape index (κ2) is 6.84. The van der Waals surface area contributed by atoms with Gasteiger partial charge in [0.05, 0.1) is 6.61 Å². The number of likely N-dealkylation sites (tertiary alicyclic amines) is 1. The fourth-order valence-electron chi connectivity index (χ4n) is 3.77. The summed E-state index contributed by atoms with van der Waals surface area (Å²) in [7, 11) is 0. The van der Waals surface area contributed by atoms with Crippen LogP contribution in [0.15, 0.2) is 29.1 Å². The van der Waals surface area contributed by atoms with Crippen molar-refractivity contribution in [3.8, 4) is 0 Å². The van der Waals surface area contributed by atoms with E-state index in [0.717, 1.165) is 44.6 Å². The van der Waals surface area contributed by atoms with Crippen molar-refractivity contribution < 1.29 is 9.53 Å². The predicted octanol–water partition coefficient (Wildman–Crippen LogP) is 1.62. The molecule has 0 aliphatic carbocycles. The zero-order valence-corrected chi connectivity index (χ0v) is 14.0. The SMILES string of the molecule is O=C(c1cccc(C2CCOC2)c1)N1CCCC(c2n[nH]c(=O)[nH]2)C1. The van der Waals surface area contributed by atoms with Gasteiger partial charge >= 0.3 is 5.69 Å². The number of carbonyl (C=O) groups is 1. The lowest BCUT2D eigenvalue weighted by Gasteiger charge is -2.31. The van der Waals surface area contributed by atoms with Gasteiger partial charge in [-0.15, -0.1) is 0 Å². The Labute approximate surface area is 145 Å². The molecule has 7 heteroatoms. The minimum Gasteiger partial charge on any atom is -0.381 e. The largest absolute Gasteiger partial charge is 0.381 e. The van der Waals surface area contributed by atoms with Crippen LogP contribution in [0.3, 0.4) is 0 Å². The Balaban J connectivity index is 1.50. The summed E-state index contributed by atoms with van der Waals surface area (Å²) >= 11 is 0. The topological polar surface area (TPSA) is 91.1 Å². The van der Waals surface area contributed by atoms with Gasteiger partial charge in [-0.25, -0.2) is 9.89 Å². The van der Waals surface area contributed by atoms with E-state index in [1.165, 1.54) is 5.56 Å². The molecule has 2 N–H and O–H groups in total. The number of hydrogen-bond donors (Lipinski definition) is 2. The number of amides is 1. The standard InChI is InChI=1S/C18H22N4O3/c23-17(13-4-1-3-12(9-13)15-6-8-25-11-15)22-7-2-5-14(10-22)16-19-18(24)21-20-16/h1,3-4,9,14-15H,2,5-8,10-11H2,(H2,19,20,21,24). The van der Waals surface area contributed by atoms with E-state index in [0.29, 0.717) is 18.3 Å². The quantitative estimate of drug-likeness (QED) is 0.887. The predicted molar refractivity (Wildman–Crippen MR) is 91.7 cm³/mol. The van der Waals surface area contributed by atoms with Crippen LogP contribution < -0.4 is 5.69 Å². The maximum atomic E-state index is 12.9. The lowest BCUT2D eigenvalue weighted by atomic mass is 9.94. The van der Waals surface area contributed by atoms with Gasteiger partial charge in [-0.05, 0) is 37.0 Å². The highest BCUT2D eigenvalue weighted by molar-refractivity contribution is 5.94. The van der Waals surface area contributed by atoms with Crippen LogP contribution in [0.25, 0.3) is 0 Å². The number of nitrogens with one attached hydrogen (secondary N) is 2. The molecule has 2 fully saturated rings. The highest BCUT2D eigenvalue weighted by Crippen LogP contribution is 2.28. The molecular weight excluding hydrogens is 320 g/mol. The molecule has 2 aliphatic rings. The molecule has 0 radical (unpaired) electrons. The summed E-state index contributed by atoms with van der Waals surface area (Å²) < 4.78 is 5.46. The van der Waals surface area contributed by atoms with Gasteiger partial charge in [-0.3, -0.25) is 9.78 Å². The molecule has 132 valence electrons. The summed E-state index contributed by atoms with van der Waals surface area (Å²) in [4.78, 5) is 28.8. The first-order valence-corrected chi connectivity index (χ1v) is 8.82. The first-order chi connectivity index (χ1) is 12.2. The van der Waals surface area contributed by atoms with Gasteiger partial charge in [0.15, 0.2) is 0 Å². The molecule has 2 aromatic rings. The number of nitrogens with zero attached hydrogens (tertiary/aromatic N) is 2. The summed E-state index contributed by atoms with van der Waals surface area (Å²) in [6, 6.07) is 7.90. The molecule has 7 nitrogen and oxygen atoms in total. The molecule has 0 saturated carbocycles. The van der Waals surface area contributed by atoms with Gasteiger partial charge in [0.25, 0.3) is 5.91 Å². The monoisotopic (exact) mass is 342 g/mol. The molecule has 4 rings (SSSR count). The zero-order valence-electron chi connectivity index (χ0n) is 14.0. The van der Waals surface area contributed by atoms with Crippen LogP contribution in [0.2, 0.25) is 0 Å². The van der Waals surface area contributed by atoms with Crippen LogP contribution in [-0.2, 0) is 4.74 Å². The number of aromatic amines is 2. The first kappa shape index (κ1) is 16.1. The van der Waals surface area contributed by atoms with Crippen molar-refractivity contribution >= 4 is 5.91 Å². The van der Waals surface area contributed by atoms with E-state index in [1.807, 2.05) is 23.1 Å². The van der Waals surface area contributed by atoms with Crippen molar-refractivity contribution in [2.45, 2.75) is 31.1 Å². The molecule has 2 unspecified atom stereocenters. The maximum absolute atomic E-state index is 12.9. The molecule has 2 atom stereocenters. The number of rotatable bonds is 3. The Bertz CT molecular complexity index is 806. The molecule has 0 bridgehead atoms. The minimum absolute atomic E-state index is 0.0448. The lowest BCUT2D eigenvalue weighted by molar-refractivity contribution is 0.0704. The fraction of sp³-hybridized carbons (Fsp3) is 0.500. The molecule has 3 heterocycles. The molecule has 1 aromatic heterocycles. The summed E-state index contributed by atoms with van der Waals surface area (Å²) in [6.45, 7) is 2.84. The maximum Gasteiger partial charge on any atom is 0.340 e. The zero-order chi connectivity index (χ0) is 17.2. The third kappa shape index (κ3) is 3.37. The van der Waals surface area contributed by atoms with Crippen molar-refractivity contribution in [1.82, 2.24) is 20.1 Å². The lowest BCUT2D eigenvalue weighted by Crippen LogP contribution is -2.39. The van der Waals surface area contributed by atoms with Crippen LogP contribution in [0.5, 0.6) is 0 Å². The van der Waals surface area contributed by atoms with Gasteiger partial charge in [0.1, 0.15) is 5.82 Å². The molecule has 25 heavy (non-hydrogen) atoms. The van der Waals surface area contributed by atoms with E-state index in [9.17, 15) is 9.59 Å². The number of benzene rings is 1. The molecule has 2 aliphatic heterocycles. The van der Waals surface area contributed by atoms with Crippen LogP contribution in [0.4, 0.5) is 0 Å². The van der Waals surface area contributed by atoms with Crippen molar-refractivity contribution in [2.24, 2.45) is 0 Å². The second-order valence-corrected chi connectivity index (χ2v) is 6.84. The highest BCUT2D eigenvalue weighted by atomic mass is 16.5. The van der Waals surface area contributed by atoms with E-state index in [4.69, 9.17) is 4.74 Å². The molecule has 2 saturated heterocycles. The third-order valence-electron chi connectivity index (χ3n) is 5.15. The number of carbonyl (C=O) groups excluding carboxylic acids is 1. The first-order valence-electron chi connectivity index (χ1n) is 8.82. The molecule has 0 spiro atoms. The number of ether oxygens (including phenoxy) is 1. The Morgan fingerprint density at radius 3 is 2.96 bits per heavy atom. The number of H-pyrrole nitrogens is 2. The molecule has 1 aromatic carbocycles. The van der Waals surface area contributed by atoms with Crippen molar-refractivity contribution in [2.75, 3.05) is 26.3 Å². The van der Waals surface area contributed by atoms with Crippen molar-refractivity contribution in [1.29, 1.82) is 0 Å². The van der Waals surface area contributed by atoms with Crippen LogP contribution in [-0.4, -0.2) is 52.3 Å². The summed E-state index contributed by atoms with van der Waals surface area (Å²) in [6.07, 6.45) is 2.83. The van der Waals surface area contributed by atoms with Crippen LogP contribution in [0, 0.1) is 0 Å². The molecular formula is C18H22N4O3. The van der Waals surface area contributed by atoms with Gasteiger partial charge in [-0.1, -0.05) is 12.1 Å². The van der Waals surface area contributed by atoms with Crippen molar-refractivity contribution in [3.63, 3.8) is 0 Å². The van der Waals surface area contributed by atoms with Gasteiger partial charge in [0, 0.05) is 37.1 Å². The van der Waals surface area contributed by atoms with E-state index in [1.54, 1.807) is 0 Å². The normalized spacial score (nSPS) is 23.8. The fourth-order valence-corrected chi connectivity index (χ4v) is 3.77. The Kier molecular flexibility index (Phi) is 4.40. The smallest absolute Gasteiger partial charge is 0.340 e. The van der Waals surface area contributed by atoms with Crippen molar-refractivity contribution in [3.05, 3.63) is 51.7 Å². The van der Waals surface area contributed by atoms with Crippen LogP contribution in [0.1, 0.15) is 52.8 Å². The third-order valence-corrected chi connectivity index (χ3v) is 5.15. The Hall–Kier alpha value is -2.41. The van der Waals surface area contributed by atoms with Gasteiger partial charge in [0.2, 0.25) is 0 Å². The summed E-state index contributed by atoms with van der Waals surface area (Å²) in [5.41, 5.74) is 1.60. The second-order valence-electron chi connectivity index (χ2n) is 6.84. The number of aromatic nitrogens is 3. The van der Waals surface area contributed by atoms with Gasteiger partial charge in [-0.2, -0.15) is 5.10 Å². The average molecular weight is 342 g/mol. The van der Waals surface area contributed by atoms with E-state index in [-0.39, 0.29) is 17.5 Å². The van der Waals surface area contributed by atoms with Gasteiger partial charge < -0.3 is 9.64 Å². The Morgan fingerprint density at radius 1 is 1.28 bits per heavy atom. The van der Waals surface area contributed by atoms with E-state index < -0.39 is 0 Å². The summed E-state index contributed by atoms with van der Waals surface area (Å²) in [5, 5.41) is 6.43. The minimum atomic E-state index is -0.301. The van der Waals surface area contributed by atoms with E-state index in [2.05, 4.69) is 21.2 Å². The van der Waals surface area contributed by atoms with Crippen LogP contribution >= 0.6 is 0 Å². The number of piperidine rings is 1. The number of hydrogen-bond acceptors (Lipinski definition) is 4. The highest BCUT2D eigenvalue weighted by Gasteiger charge is 2.28. The Morgan fingerprint density at radius 2 is 2.20 bits per heavy atom. The molecule has 1 amide bonds. The van der Waals surface area contributed by atoms with E-state index >= 15 is 0 Å². The average Bonchev–Trinajstić information content (AvgIpc) is 3.33.